The molecule has 9 aromatic rings. The molecule has 1 aliphatic carbocycles. The van der Waals surface area contributed by atoms with Crippen LogP contribution in [0.1, 0.15) is 25.0 Å². The molecule has 0 fully saturated rings. The van der Waals surface area contributed by atoms with E-state index in [1.54, 1.807) is 0 Å². The van der Waals surface area contributed by atoms with Gasteiger partial charge in [0, 0.05) is 32.6 Å². The number of para-hydroxylation sites is 1. The molecule has 0 atom stereocenters. The molecule has 0 bridgehead atoms. The normalized spacial score (nSPS) is 13.5. The van der Waals surface area contributed by atoms with E-state index in [1.807, 2.05) is 6.07 Å². The molecule has 7 aromatic carbocycles. The third kappa shape index (κ3) is 3.73. The number of hydrogen-bond donors (Lipinski definition) is 0. The van der Waals surface area contributed by atoms with Gasteiger partial charge in [0.15, 0.2) is 0 Å². The van der Waals surface area contributed by atoms with E-state index in [0.29, 0.717) is 0 Å². The average molecular weight is 602 g/mol. The number of rotatable bonds is 3. The maximum Gasteiger partial charge on any atom is 0.136 e. The number of nitrogens with zero attached hydrogens (tertiary/aromatic N) is 1. The highest BCUT2D eigenvalue weighted by Crippen LogP contribution is 2.53. The van der Waals surface area contributed by atoms with E-state index >= 15 is 0 Å². The highest BCUT2D eigenvalue weighted by molar-refractivity contribution is 6.15. The van der Waals surface area contributed by atoms with E-state index in [1.165, 1.54) is 82.8 Å². The van der Waals surface area contributed by atoms with E-state index < -0.39 is 0 Å². The van der Waals surface area contributed by atoms with Gasteiger partial charge in [0.1, 0.15) is 11.2 Å². The molecule has 2 heterocycles. The lowest BCUT2D eigenvalue weighted by Crippen LogP contribution is -2.15. The van der Waals surface area contributed by atoms with Crippen LogP contribution in [0.4, 0.5) is 0 Å². The summed E-state index contributed by atoms with van der Waals surface area (Å²) in [4.78, 5) is 0. The molecule has 2 nitrogen and oxygen atoms in total. The third-order valence-electron chi connectivity index (χ3n) is 10.4. The third-order valence-corrected chi connectivity index (χ3v) is 10.4. The second kappa shape index (κ2) is 9.57. The van der Waals surface area contributed by atoms with Gasteiger partial charge in [-0.15, -0.1) is 0 Å². The Labute approximate surface area is 273 Å². The summed E-state index contributed by atoms with van der Waals surface area (Å²) in [6.07, 6.45) is 0. The predicted molar refractivity (Wildman–Crippen MR) is 196 cm³/mol. The minimum atomic E-state index is -0.160. The molecule has 47 heavy (non-hydrogen) atoms. The van der Waals surface area contributed by atoms with Crippen molar-refractivity contribution in [2.75, 3.05) is 0 Å². The minimum absolute atomic E-state index is 0.160. The molecule has 0 saturated carbocycles. The molecule has 10 rings (SSSR count). The van der Waals surface area contributed by atoms with Gasteiger partial charge in [0.2, 0.25) is 0 Å². The van der Waals surface area contributed by atoms with Crippen LogP contribution in [0.2, 0.25) is 0 Å². The highest BCUT2D eigenvalue weighted by Gasteiger charge is 2.38. The van der Waals surface area contributed by atoms with E-state index in [2.05, 4.69) is 164 Å². The van der Waals surface area contributed by atoms with E-state index in [4.69, 9.17) is 4.42 Å². The maximum absolute atomic E-state index is 6.32. The highest BCUT2D eigenvalue weighted by atomic mass is 16.3. The largest absolute Gasteiger partial charge is 0.456 e. The number of benzene rings is 7. The van der Waals surface area contributed by atoms with E-state index in [-0.39, 0.29) is 5.41 Å². The van der Waals surface area contributed by atoms with Crippen molar-refractivity contribution in [2.24, 2.45) is 0 Å². The quantitative estimate of drug-likeness (QED) is 0.197. The molecule has 0 amide bonds. The van der Waals surface area contributed by atoms with Crippen molar-refractivity contribution in [3.8, 4) is 39.1 Å². The Morgan fingerprint density at radius 1 is 0.468 bits per heavy atom. The van der Waals surface area contributed by atoms with Crippen molar-refractivity contribution in [2.45, 2.75) is 19.3 Å². The van der Waals surface area contributed by atoms with Gasteiger partial charge >= 0.3 is 0 Å². The number of furan rings is 1. The summed E-state index contributed by atoms with van der Waals surface area (Å²) in [6.45, 7) is 4.72. The fourth-order valence-electron chi connectivity index (χ4n) is 8.09. The lowest BCUT2D eigenvalue weighted by Gasteiger charge is -2.22. The molecule has 0 unspecified atom stereocenters. The maximum atomic E-state index is 6.32. The molecule has 1 aliphatic rings. The van der Waals surface area contributed by atoms with Crippen molar-refractivity contribution < 1.29 is 4.42 Å². The summed E-state index contributed by atoms with van der Waals surface area (Å²) in [5, 5.41) is 4.91. The zero-order valence-corrected chi connectivity index (χ0v) is 26.3. The van der Waals surface area contributed by atoms with Crippen LogP contribution in [0.3, 0.4) is 0 Å². The Morgan fingerprint density at radius 3 is 1.74 bits per heavy atom. The topological polar surface area (TPSA) is 18.1 Å². The predicted octanol–water partition coefficient (Wildman–Crippen LogP) is 12.3. The molecule has 2 heteroatoms. The van der Waals surface area contributed by atoms with Crippen LogP contribution in [-0.4, -0.2) is 4.57 Å². The summed E-state index contributed by atoms with van der Waals surface area (Å²) in [5.41, 5.74) is 15.5. The van der Waals surface area contributed by atoms with Crippen LogP contribution in [0.15, 0.2) is 156 Å². The zero-order chi connectivity index (χ0) is 31.3. The van der Waals surface area contributed by atoms with E-state index in [0.717, 1.165) is 11.2 Å². The summed E-state index contributed by atoms with van der Waals surface area (Å²) >= 11 is 0. The lowest BCUT2D eigenvalue weighted by atomic mass is 9.82. The molecule has 0 radical (unpaired) electrons. The SMILES string of the molecule is CC1(C)c2cc(-n3c4ccc(-c5ccccc5)cc4c4cc(-c5ccccc5)ccc43)ccc2-c2c1ccc1oc3ccccc3c21. The Balaban J connectivity index is 1.23. The Morgan fingerprint density at radius 2 is 1.09 bits per heavy atom. The smallest absolute Gasteiger partial charge is 0.136 e. The Kier molecular flexibility index (Phi) is 5.37. The number of fused-ring (bicyclic) bond motifs is 10. The number of hydrogen-bond acceptors (Lipinski definition) is 1. The Bertz CT molecular complexity index is 2590. The molecule has 2 aromatic heterocycles. The monoisotopic (exact) mass is 601 g/mol. The molecule has 0 N–H and O–H groups in total. The van der Waals surface area contributed by atoms with Gasteiger partial charge in [-0.1, -0.05) is 117 Å². The van der Waals surface area contributed by atoms with Gasteiger partial charge < -0.3 is 8.98 Å². The average Bonchev–Trinajstić information content (AvgIpc) is 3.74. The minimum Gasteiger partial charge on any atom is -0.456 e. The molecule has 222 valence electrons. The second-order valence-corrected chi connectivity index (χ2v) is 13.3. The van der Waals surface area contributed by atoms with Crippen molar-refractivity contribution in [3.05, 3.63) is 163 Å². The van der Waals surface area contributed by atoms with Crippen LogP contribution < -0.4 is 0 Å². The fraction of sp³-hybridized carbons (Fsp3) is 0.0667. The van der Waals surface area contributed by atoms with Crippen LogP contribution in [0.25, 0.3) is 82.8 Å². The molecular weight excluding hydrogens is 571 g/mol. The van der Waals surface area contributed by atoms with Crippen LogP contribution >= 0.6 is 0 Å². The summed E-state index contributed by atoms with van der Waals surface area (Å²) in [7, 11) is 0. The molecule has 0 spiro atoms. The Hall–Kier alpha value is -5.86. The molecular formula is C45H31NO. The first-order valence-corrected chi connectivity index (χ1v) is 16.4. The van der Waals surface area contributed by atoms with Crippen molar-refractivity contribution >= 4 is 43.7 Å². The first-order valence-electron chi connectivity index (χ1n) is 16.4. The van der Waals surface area contributed by atoms with Crippen LogP contribution in [0, 0.1) is 0 Å². The van der Waals surface area contributed by atoms with Crippen molar-refractivity contribution in [3.63, 3.8) is 0 Å². The second-order valence-electron chi connectivity index (χ2n) is 13.3. The summed E-state index contributed by atoms with van der Waals surface area (Å²) in [6, 6.07) is 55.1. The first kappa shape index (κ1) is 26.4. The summed E-state index contributed by atoms with van der Waals surface area (Å²) < 4.78 is 8.77. The van der Waals surface area contributed by atoms with Crippen molar-refractivity contribution in [1.82, 2.24) is 4.57 Å². The summed E-state index contributed by atoms with van der Waals surface area (Å²) in [5.74, 6) is 0. The number of aromatic nitrogens is 1. The van der Waals surface area contributed by atoms with Gasteiger partial charge in [-0.25, -0.2) is 0 Å². The van der Waals surface area contributed by atoms with Crippen LogP contribution in [-0.2, 0) is 5.41 Å². The first-order chi connectivity index (χ1) is 23.1. The molecule has 0 aliphatic heterocycles. The molecule has 0 saturated heterocycles. The zero-order valence-electron chi connectivity index (χ0n) is 26.3. The van der Waals surface area contributed by atoms with Gasteiger partial charge in [-0.2, -0.15) is 0 Å². The van der Waals surface area contributed by atoms with Gasteiger partial charge in [0.05, 0.1) is 11.0 Å². The van der Waals surface area contributed by atoms with Gasteiger partial charge in [-0.3, -0.25) is 0 Å². The standard InChI is InChI=1S/C45H31NO/c1-45(2)37-21-24-42-44(34-15-9-10-16-41(34)47-42)43(37)33-20-19-32(27-38(33)45)46-39-22-17-30(28-11-5-3-6-12-28)25-35(39)36-26-31(18-23-40(36)46)29-13-7-4-8-14-29/h3-27H,1-2H3. The lowest BCUT2D eigenvalue weighted by molar-refractivity contribution is 0.656. The van der Waals surface area contributed by atoms with Crippen LogP contribution in [0.5, 0.6) is 0 Å². The van der Waals surface area contributed by atoms with Crippen molar-refractivity contribution in [1.29, 1.82) is 0 Å². The fourth-order valence-corrected chi connectivity index (χ4v) is 8.09. The van der Waals surface area contributed by atoms with Gasteiger partial charge in [-0.05, 0) is 93.0 Å². The van der Waals surface area contributed by atoms with Gasteiger partial charge in [0.25, 0.3) is 0 Å². The van der Waals surface area contributed by atoms with E-state index in [9.17, 15) is 0 Å².